The lowest BCUT2D eigenvalue weighted by atomic mass is 9.97. The number of carbonyl (C=O) groups is 1. The number of fused-ring (bicyclic) bond motifs is 3. The maximum atomic E-state index is 12.5. The Morgan fingerprint density at radius 3 is 2.96 bits per heavy atom. The summed E-state index contributed by atoms with van der Waals surface area (Å²) in [6, 6.07) is 0. The summed E-state index contributed by atoms with van der Waals surface area (Å²) in [5, 5.41) is 4.54. The third kappa shape index (κ3) is 3.78. The van der Waals surface area contributed by atoms with Crippen LogP contribution >= 0.6 is 46.3 Å². The number of halogens is 2. The summed E-state index contributed by atoms with van der Waals surface area (Å²) in [5.41, 5.74) is 1.66. The molecule has 1 aliphatic rings. The number of aryl methyl sites for hydroxylation is 2. The summed E-state index contributed by atoms with van der Waals surface area (Å²) >= 11 is 14.9. The lowest BCUT2D eigenvalue weighted by Crippen LogP contribution is -2.17. The van der Waals surface area contributed by atoms with Crippen molar-refractivity contribution >= 4 is 68.2 Å². The van der Waals surface area contributed by atoms with Gasteiger partial charge < -0.3 is 10.3 Å². The molecule has 0 bridgehead atoms. The number of carbonyl (C=O) groups excluding carboxylic acids is 1. The van der Waals surface area contributed by atoms with Crippen LogP contribution in [0.15, 0.2) is 16.1 Å². The van der Waals surface area contributed by atoms with E-state index in [9.17, 15) is 9.59 Å². The second-order valence-electron chi connectivity index (χ2n) is 6.49. The van der Waals surface area contributed by atoms with Gasteiger partial charge in [-0.15, -0.1) is 11.3 Å². The van der Waals surface area contributed by atoms with Crippen LogP contribution in [0.4, 0.5) is 5.82 Å². The Hall–Kier alpha value is -1.61. The van der Waals surface area contributed by atoms with Crippen molar-refractivity contribution in [2.24, 2.45) is 0 Å². The molecule has 0 aromatic carbocycles. The first kappa shape index (κ1) is 19.7. The average molecular weight is 455 g/mol. The predicted molar refractivity (Wildman–Crippen MR) is 115 cm³/mol. The normalized spacial score (nSPS) is 13.5. The molecule has 6 nitrogen and oxygen atoms in total. The fraction of sp³-hybridized carbons (Fsp3) is 0.333. The topological polar surface area (TPSA) is 87.7 Å². The summed E-state index contributed by atoms with van der Waals surface area (Å²) in [4.78, 5) is 38.2. The molecular formula is C18H16Cl2N4O2S2. The number of nitrogens with zero attached hydrogens (tertiary/aromatic N) is 2. The Morgan fingerprint density at radius 2 is 2.14 bits per heavy atom. The maximum absolute atomic E-state index is 12.5. The molecule has 28 heavy (non-hydrogen) atoms. The Bertz CT molecular complexity index is 1140. The Morgan fingerprint density at radius 1 is 1.36 bits per heavy atom. The predicted octanol–water partition coefficient (Wildman–Crippen LogP) is 4.60. The monoisotopic (exact) mass is 454 g/mol. The van der Waals surface area contributed by atoms with Crippen LogP contribution < -0.4 is 10.9 Å². The van der Waals surface area contributed by atoms with E-state index in [2.05, 4.69) is 20.3 Å². The van der Waals surface area contributed by atoms with Crippen LogP contribution in [0.2, 0.25) is 10.0 Å². The summed E-state index contributed by atoms with van der Waals surface area (Å²) in [6.07, 6.45) is 5.64. The quantitative estimate of drug-likeness (QED) is 0.443. The van der Waals surface area contributed by atoms with Crippen LogP contribution in [0.25, 0.3) is 10.2 Å². The third-order valence-electron chi connectivity index (χ3n) is 4.60. The number of hydrogen-bond acceptors (Lipinski definition) is 6. The van der Waals surface area contributed by atoms with Crippen LogP contribution in [0.1, 0.15) is 28.8 Å². The Balaban J connectivity index is 1.49. The highest BCUT2D eigenvalue weighted by molar-refractivity contribution is 7.99. The fourth-order valence-corrected chi connectivity index (χ4v) is 5.53. The van der Waals surface area contributed by atoms with Crippen molar-refractivity contribution in [3.63, 3.8) is 0 Å². The molecule has 10 heteroatoms. The molecule has 0 fully saturated rings. The molecule has 3 aromatic rings. The molecule has 1 amide bonds. The zero-order valence-corrected chi connectivity index (χ0v) is 18.0. The van der Waals surface area contributed by atoms with Gasteiger partial charge in [0.15, 0.2) is 11.0 Å². The lowest BCUT2D eigenvalue weighted by molar-refractivity contribution is -0.113. The first-order valence-corrected chi connectivity index (χ1v) is 11.3. The number of anilines is 1. The molecule has 0 aliphatic heterocycles. The molecule has 4 rings (SSSR count). The molecule has 0 saturated heterocycles. The number of aromatic amines is 1. The number of nitrogens with one attached hydrogen (secondary N) is 2. The zero-order chi connectivity index (χ0) is 19.8. The summed E-state index contributed by atoms with van der Waals surface area (Å²) < 4.78 is 0. The molecule has 0 atom stereocenters. The third-order valence-corrected chi connectivity index (χ3v) is 7.51. The molecule has 0 unspecified atom stereocenters. The number of thioether (sulfide) groups is 1. The minimum atomic E-state index is -0.297. The lowest BCUT2D eigenvalue weighted by Gasteiger charge is -2.09. The average Bonchev–Trinajstić information content (AvgIpc) is 3.06. The number of amides is 1. The zero-order valence-electron chi connectivity index (χ0n) is 14.9. The molecule has 0 spiro atoms. The number of rotatable bonds is 4. The van der Waals surface area contributed by atoms with Gasteiger partial charge in [-0.25, -0.2) is 9.97 Å². The highest BCUT2D eigenvalue weighted by Crippen LogP contribution is 2.34. The SMILES string of the molecule is Cc1c(Cl)cnc(NC(=O)CSc2nc3sc4c(c3c(=O)[nH]2)CCCC4)c1Cl. The molecule has 2 N–H and O–H groups in total. The van der Waals surface area contributed by atoms with Crippen molar-refractivity contribution in [2.75, 3.05) is 11.1 Å². The molecule has 146 valence electrons. The number of H-pyrrole nitrogens is 1. The highest BCUT2D eigenvalue weighted by atomic mass is 35.5. The number of aromatic nitrogens is 3. The van der Waals surface area contributed by atoms with Crippen molar-refractivity contribution in [3.8, 4) is 0 Å². The van der Waals surface area contributed by atoms with Crippen LogP contribution in [0.3, 0.4) is 0 Å². The number of thiophene rings is 1. The van der Waals surface area contributed by atoms with Crippen molar-refractivity contribution in [2.45, 2.75) is 37.8 Å². The van der Waals surface area contributed by atoms with Gasteiger partial charge in [0.25, 0.3) is 5.56 Å². The van der Waals surface area contributed by atoms with E-state index >= 15 is 0 Å². The standard InChI is InChI=1S/C18H16Cl2N4O2S2/c1-8-10(19)6-21-15(14(8)20)22-12(25)7-27-18-23-16(26)13-9-4-2-3-5-11(9)28-17(13)24-18/h6H,2-5,7H2,1H3,(H,21,22,25)(H,23,24,26). The van der Waals surface area contributed by atoms with E-state index in [1.165, 1.54) is 22.8 Å². The molecule has 3 aromatic heterocycles. The minimum absolute atomic E-state index is 0.0687. The van der Waals surface area contributed by atoms with Crippen molar-refractivity contribution in [1.29, 1.82) is 0 Å². The van der Waals surface area contributed by atoms with Crippen LogP contribution in [-0.2, 0) is 17.6 Å². The molecule has 0 saturated carbocycles. The summed E-state index contributed by atoms with van der Waals surface area (Å²) in [5.74, 6) is 0.0329. The molecule has 0 radical (unpaired) electrons. The highest BCUT2D eigenvalue weighted by Gasteiger charge is 2.20. The minimum Gasteiger partial charge on any atom is -0.309 e. The van der Waals surface area contributed by atoms with Crippen LogP contribution in [0.5, 0.6) is 0 Å². The van der Waals surface area contributed by atoms with Gasteiger partial charge in [0.1, 0.15) is 4.83 Å². The van der Waals surface area contributed by atoms with E-state index < -0.39 is 0 Å². The van der Waals surface area contributed by atoms with Crippen molar-refractivity contribution in [3.05, 3.63) is 42.6 Å². The summed E-state index contributed by atoms with van der Waals surface area (Å²) in [6.45, 7) is 1.75. The second kappa shape index (κ2) is 8.02. The van der Waals surface area contributed by atoms with E-state index in [0.717, 1.165) is 36.1 Å². The molecular weight excluding hydrogens is 439 g/mol. The molecule has 3 heterocycles. The van der Waals surface area contributed by atoms with Gasteiger partial charge in [0.05, 0.1) is 21.2 Å². The first-order chi connectivity index (χ1) is 13.4. The van der Waals surface area contributed by atoms with E-state index in [-0.39, 0.29) is 23.0 Å². The maximum Gasteiger partial charge on any atom is 0.260 e. The Labute approximate surface area is 179 Å². The first-order valence-electron chi connectivity index (χ1n) is 8.72. The van der Waals surface area contributed by atoms with Gasteiger partial charge in [-0.05, 0) is 43.7 Å². The van der Waals surface area contributed by atoms with E-state index in [1.54, 1.807) is 18.3 Å². The van der Waals surface area contributed by atoms with Crippen molar-refractivity contribution < 1.29 is 4.79 Å². The van der Waals surface area contributed by atoms with E-state index in [0.29, 0.717) is 26.2 Å². The van der Waals surface area contributed by atoms with Crippen LogP contribution in [-0.4, -0.2) is 26.6 Å². The second-order valence-corrected chi connectivity index (χ2v) is 9.33. The Kier molecular flexibility index (Phi) is 5.64. The van der Waals surface area contributed by atoms with E-state index in [1.807, 2.05) is 0 Å². The van der Waals surface area contributed by atoms with Crippen molar-refractivity contribution in [1.82, 2.24) is 15.0 Å². The van der Waals surface area contributed by atoms with Crippen LogP contribution in [0, 0.1) is 6.92 Å². The summed E-state index contributed by atoms with van der Waals surface area (Å²) in [7, 11) is 0. The van der Waals surface area contributed by atoms with Gasteiger partial charge in [-0.1, -0.05) is 35.0 Å². The van der Waals surface area contributed by atoms with Gasteiger partial charge >= 0.3 is 0 Å². The smallest absolute Gasteiger partial charge is 0.260 e. The van der Waals surface area contributed by atoms with Gasteiger partial charge in [0.2, 0.25) is 5.91 Å². The van der Waals surface area contributed by atoms with Gasteiger partial charge in [-0.3, -0.25) is 9.59 Å². The largest absolute Gasteiger partial charge is 0.309 e. The van der Waals surface area contributed by atoms with E-state index in [4.69, 9.17) is 23.2 Å². The van der Waals surface area contributed by atoms with Gasteiger partial charge in [0, 0.05) is 11.1 Å². The fourth-order valence-electron chi connectivity index (χ4n) is 3.16. The molecule has 1 aliphatic carbocycles. The van der Waals surface area contributed by atoms with Gasteiger partial charge in [-0.2, -0.15) is 0 Å². The number of pyridine rings is 1. The number of hydrogen-bond donors (Lipinski definition) is 2.